The van der Waals surface area contributed by atoms with Crippen LogP contribution in [-0.4, -0.2) is 71.4 Å². The minimum Gasteiger partial charge on any atom is -0.445 e. The van der Waals surface area contributed by atoms with Crippen molar-refractivity contribution in [3.8, 4) is 0 Å². The maximum Gasteiger partial charge on any atom is 0.410 e. The van der Waals surface area contributed by atoms with Crippen molar-refractivity contribution in [1.29, 1.82) is 0 Å². The number of carbonyl (C=O) groups is 3. The average molecular weight is 373 g/mol. The molecule has 146 valence electrons. The van der Waals surface area contributed by atoms with Crippen molar-refractivity contribution in [2.24, 2.45) is 5.92 Å². The minimum atomic E-state index is -0.354. The summed E-state index contributed by atoms with van der Waals surface area (Å²) >= 11 is 0. The SMILES string of the molecule is CC(C)N1CC(C(=O)N2CCN(C(=O)OCc3ccccc3)CC2)CC1=O. The molecule has 0 aliphatic carbocycles. The standard InChI is InChI=1S/C20H27N3O4/c1-15(2)23-13-17(12-18(23)24)19(25)21-8-10-22(11-9-21)20(26)27-14-16-6-4-3-5-7-16/h3-7,15,17H,8-14H2,1-2H3. The zero-order valence-corrected chi connectivity index (χ0v) is 16.0. The maximum absolute atomic E-state index is 12.7. The summed E-state index contributed by atoms with van der Waals surface area (Å²) in [5.41, 5.74) is 0.945. The van der Waals surface area contributed by atoms with Gasteiger partial charge in [0.25, 0.3) is 0 Å². The summed E-state index contributed by atoms with van der Waals surface area (Å²) < 4.78 is 5.35. The van der Waals surface area contributed by atoms with Gasteiger partial charge in [0.05, 0.1) is 5.92 Å². The highest BCUT2D eigenvalue weighted by Crippen LogP contribution is 2.22. The van der Waals surface area contributed by atoms with Gasteiger partial charge in [0.15, 0.2) is 0 Å². The summed E-state index contributed by atoms with van der Waals surface area (Å²) in [6.07, 6.45) is -0.0657. The monoisotopic (exact) mass is 373 g/mol. The van der Waals surface area contributed by atoms with Crippen molar-refractivity contribution in [3.05, 3.63) is 35.9 Å². The molecule has 7 heteroatoms. The van der Waals surface area contributed by atoms with Gasteiger partial charge < -0.3 is 19.4 Å². The molecule has 0 bridgehead atoms. The lowest BCUT2D eigenvalue weighted by atomic mass is 10.1. The molecular formula is C20H27N3O4. The van der Waals surface area contributed by atoms with E-state index < -0.39 is 0 Å². The van der Waals surface area contributed by atoms with Crippen LogP contribution in [0.2, 0.25) is 0 Å². The molecule has 2 aliphatic heterocycles. The van der Waals surface area contributed by atoms with Gasteiger partial charge in [-0.05, 0) is 19.4 Å². The zero-order valence-electron chi connectivity index (χ0n) is 16.0. The van der Waals surface area contributed by atoms with Gasteiger partial charge >= 0.3 is 6.09 Å². The Hall–Kier alpha value is -2.57. The number of amides is 3. The molecule has 1 atom stereocenters. The summed E-state index contributed by atoms with van der Waals surface area (Å²) in [5, 5.41) is 0. The smallest absolute Gasteiger partial charge is 0.410 e. The van der Waals surface area contributed by atoms with Gasteiger partial charge in [-0.2, -0.15) is 0 Å². The second kappa shape index (κ2) is 8.41. The van der Waals surface area contributed by atoms with Crippen molar-refractivity contribution in [2.45, 2.75) is 32.9 Å². The third-order valence-corrected chi connectivity index (χ3v) is 5.19. The molecule has 0 radical (unpaired) electrons. The fourth-order valence-electron chi connectivity index (χ4n) is 3.57. The average Bonchev–Trinajstić information content (AvgIpc) is 3.08. The highest BCUT2D eigenvalue weighted by Gasteiger charge is 2.38. The van der Waals surface area contributed by atoms with E-state index in [0.29, 0.717) is 32.7 Å². The van der Waals surface area contributed by atoms with E-state index in [1.807, 2.05) is 44.2 Å². The van der Waals surface area contributed by atoms with E-state index in [9.17, 15) is 14.4 Å². The quantitative estimate of drug-likeness (QED) is 0.806. The second-order valence-corrected chi connectivity index (χ2v) is 7.39. The molecule has 1 unspecified atom stereocenters. The number of rotatable bonds is 4. The first-order valence-electron chi connectivity index (χ1n) is 9.49. The Labute approximate surface area is 159 Å². The molecule has 1 aromatic rings. The van der Waals surface area contributed by atoms with E-state index in [1.165, 1.54) is 0 Å². The van der Waals surface area contributed by atoms with Crippen LogP contribution in [0, 0.1) is 5.92 Å². The van der Waals surface area contributed by atoms with Crippen LogP contribution in [0.3, 0.4) is 0 Å². The van der Waals surface area contributed by atoms with Crippen molar-refractivity contribution >= 4 is 17.9 Å². The van der Waals surface area contributed by atoms with Gasteiger partial charge in [-0.15, -0.1) is 0 Å². The lowest BCUT2D eigenvalue weighted by molar-refractivity contribution is -0.137. The highest BCUT2D eigenvalue weighted by molar-refractivity contribution is 5.89. The lowest BCUT2D eigenvalue weighted by Crippen LogP contribution is -2.52. The molecule has 3 amide bonds. The fourth-order valence-corrected chi connectivity index (χ4v) is 3.57. The minimum absolute atomic E-state index is 0.0174. The first-order chi connectivity index (χ1) is 13.0. The molecule has 3 rings (SSSR count). The van der Waals surface area contributed by atoms with Gasteiger partial charge in [0, 0.05) is 45.2 Å². The van der Waals surface area contributed by atoms with Crippen LogP contribution in [0.5, 0.6) is 0 Å². The number of carbonyl (C=O) groups excluding carboxylic acids is 3. The van der Waals surface area contributed by atoms with E-state index in [2.05, 4.69) is 0 Å². The Morgan fingerprint density at radius 3 is 2.30 bits per heavy atom. The summed E-state index contributed by atoms with van der Waals surface area (Å²) in [6.45, 7) is 6.52. The summed E-state index contributed by atoms with van der Waals surface area (Å²) in [7, 11) is 0. The summed E-state index contributed by atoms with van der Waals surface area (Å²) in [5.74, 6) is -0.202. The van der Waals surface area contributed by atoms with Gasteiger partial charge in [0.2, 0.25) is 11.8 Å². The van der Waals surface area contributed by atoms with Crippen LogP contribution < -0.4 is 0 Å². The predicted molar refractivity (Wildman–Crippen MR) is 99.7 cm³/mol. The van der Waals surface area contributed by atoms with Crippen molar-refractivity contribution in [2.75, 3.05) is 32.7 Å². The highest BCUT2D eigenvalue weighted by atomic mass is 16.6. The first-order valence-corrected chi connectivity index (χ1v) is 9.49. The number of hydrogen-bond donors (Lipinski definition) is 0. The zero-order chi connectivity index (χ0) is 19.4. The van der Waals surface area contributed by atoms with E-state index in [-0.39, 0.29) is 42.9 Å². The van der Waals surface area contributed by atoms with Crippen molar-refractivity contribution < 1.29 is 19.1 Å². The summed E-state index contributed by atoms with van der Waals surface area (Å²) in [6, 6.07) is 9.66. The molecule has 2 saturated heterocycles. The molecule has 1 aromatic carbocycles. The Kier molecular flexibility index (Phi) is 5.98. The topological polar surface area (TPSA) is 70.2 Å². The summed E-state index contributed by atoms with van der Waals surface area (Å²) in [4.78, 5) is 42.1. The van der Waals surface area contributed by atoms with Crippen LogP contribution in [0.25, 0.3) is 0 Å². The molecule has 2 fully saturated rings. The fraction of sp³-hybridized carbons (Fsp3) is 0.550. The Bertz CT molecular complexity index is 684. The van der Waals surface area contributed by atoms with Gasteiger partial charge in [0.1, 0.15) is 6.61 Å². The second-order valence-electron chi connectivity index (χ2n) is 7.39. The molecule has 0 aromatic heterocycles. The van der Waals surface area contributed by atoms with E-state index in [0.717, 1.165) is 5.56 Å². The number of nitrogens with zero attached hydrogens (tertiary/aromatic N) is 3. The van der Waals surface area contributed by atoms with Gasteiger partial charge in [-0.3, -0.25) is 9.59 Å². The maximum atomic E-state index is 12.7. The Balaban J connectivity index is 1.45. The molecule has 0 spiro atoms. The lowest BCUT2D eigenvalue weighted by Gasteiger charge is -2.35. The number of piperazine rings is 1. The molecule has 7 nitrogen and oxygen atoms in total. The molecule has 2 heterocycles. The van der Waals surface area contributed by atoms with Crippen LogP contribution in [-0.2, 0) is 20.9 Å². The van der Waals surface area contributed by atoms with Gasteiger partial charge in [-0.1, -0.05) is 30.3 Å². The molecular weight excluding hydrogens is 346 g/mol. The predicted octanol–water partition coefficient (Wildman–Crippen LogP) is 1.72. The van der Waals surface area contributed by atoms with Gasteiger partial charge in [-0.25, -0.2) is 4.79 Å². The normalized spacial score (nSPS) is 20.3. The Morgan fingerprint density at radius 1 is 1.07 bits per heavy atom. The van der Waals surface area contributed by atoms with Crippen molar-refractivity contribution in [3.63, 3.8) is 0 Å². The molecule has 2 aliphatic rings. The van der Waals surface area contributed by atoms with E-state index in [1.54, 1.807) is 14.7 Å². The van der Waals surface area contributed by atoms with E-state index >= 15 is 0 Å². The third kappa shape index (κ3) is 4.59. The molecule has 0 N–H and O–H groups in total. The number of benzene rings is 1. The van der Waals surface area contributed by atoms with Crippen LogP contribution in [0.4, 0.5) is 4.79 Å². The van der Waals surface area contributed by atoms with Crippen molar-refractivity contribution in [1.82, 2.24) is 14.7 Å². The first kappa shape index (κ1) is 19.2. The van der Waals surface area contributed by atoms with Crippen LogP contribution >= 0.6 is 0 Å². The van der Waals surface area contributed by atoms with Crippen LogP contribution in [0.15, 0.2) is 30.3 Å². The van der Waals surface area contributed by atoms with Crippen LogP contribution in [0.1, 0.15) is 25.8 Å². The number of ether oxygens (including phenoxy) is 1. The largest absolute Gasteiger partial charge is 0.445 e. The number of hydrogen-bond acceptors (Lipinski definition) is 4. The molecule has 27 heavy (non-hydrogen) atoms. The Morgan fingerprint density at radius 2 is 1.70 bits per heavy atom. The third-order valence-electron chi connectivity index (χ3n) is 5.19. The molecule has 0 saturated carbocycles. The van der Waals surface area contributed by atoms with E-state index in [4.69, 9.17) is 4.74 Å². The number of likely N-dealkylation sites (tertiary alicyclic amines) is 1.